The van der Waals surface area contributed by atoms with Gasteiger partial charge in [0.25, 0.3) is 0 Å². The molecule has 0 aliphatic carbocycles. The minimum atomic E-state index is 0.529. The molecule has 0 fully saturated rings. The van der Waals surface area contributed by atoms with E-state index >= 15 is 0 Å². The third-order valence-electron chi connectivity index (χ3n) is 3.05. The van der Waals surface area contributed by atoms with Crippen LogP contribution in [0.1, 0.15) is 13.3 Å². The van der Waals surface area contributed by atoms with Gasteiger partial charge in [-0.3, -0.25) is 4.98 Å². The predicted octanol–water partition coefficient (Wildman–Crippen LogP) is 3.60. The molecule has 4 nitrogen and oxygen atoms in total. The van der Waals surface area contributed by atoms with Crippen molar-refractivity contribution < 1.29 is 9.47 Å². The Morgan fingerprint density at radius 1 is 1.14 bits per heavy atom. The highest BCUT2D eigenvalue weighted by molar-refractivity contribution is 5.69. The zero-order chi connectivity index (χ0) is 14.9. The van der Waals surface area contributed by atoms with Gasteiger partial charge < -0.3 is 14.8 Å². The molecule has 0 radical (unpaired) electrons. The highest BCUT2D eigenvalue weighted by Crippen LogP contribution is 2.29. The first kappa shape index (κ1) is 15.3. The van der Waals surface area contributed by atoms with Gasteiger partial charge in [0.15, 0.2) is 0 Å². The van der Waals surface area contributed by atoms with Gasteiger partial charge in [0.05, 0.1) is 12.3 Å². The van der Waals surface area contributed by atoms with Crippen molar-refractivity contribution >= 4 is 5.69 Å². The maximum atomic E-state index is 5.77. The lowest BCUT2D eigenvalue weighted by Crippen LogP contribution is -2.05. The molecule has 1 heterocycles. The molecule has 0 saturated carbocycles. The molecule has 0 amide bonds. The van der Waals surface area contributed by atoms with Crippen LogP contribution in [0, 0.1) is 0 Å². The summed E-state index contributed by atoms with van der Waals surface area (Å²) in [6.07, 6.45) is 2.91. The quantitative estimate of drug-likeness (QED) is 0.753. The largest absolute Gasteiger partial charge is 0.490 e. The topological polar surface area (TPSA) is 43.4 Å². The van der Waals surface area contributed by atoms with Crippen molar-refractivity contribution in [3.8, 4) is 17.0 Å². The number of para-hydroxylation sites is 1. The number of rotatable bonds is 8. The van der Waals surface area contributed by atoms with Crippen LogP contribution in [0.15, 0.2) is 42.6 Å². The first-order valence-corrected chi connectivity index (χ1v) is 7.26. The second-order valence-corrected chi connectivity index (χ2v) is 4.69. The van der Waals surface area contributed by atoms with E-state index in [2.05, 4.69) is 17.2 Å². The summed E-state index contributed by atoms with van der Waals surface area (Å²) in [7, 11) is 1.67. The third kappa shape index (κ3) is 4.46. The number of nitrogens with one attached hydrogen (secondary N) is 1. The van der Waals surface area contributed by atoms with Crippen LogP contribution in [-0.4, -0.2) is 31.9 Å². The molecule has 2 aromatic rings. The number of nitrogens with zero attached hydrogens (tertiary/aromatic N) is 1. The average molecular weight is 286 g/mol. The van der Waals surface area contributed by atoms with Gasteiger partial charge in [-0.15, -0.1) is 0 Å². The van der Waals surface area contributed by atoms with E-state index in [1.807, 2.05) is 42.6 Å². The molecule has 0 saturated heterocycles. The predicted molar refractivity (Wildman–Crippen MR) is 85.8 cm³/mol. The summed E-state index contributed by atoms with van der Waals surface area (Å²) < 4.78 is 10.8. The highest BCUT2D eigenvalue weighted by Gasteiger charge is 2.07. The smallest absolute Gasteiger partial charge is 0.128 e. The van der Waals surface area contributed by atoms with Crippen LogP contribution in [0.5, 0.6) is 5.75 Å². The van der Waals surface area contributed by atoms with E-state index in [1.165, 1.54) is 0 Å². The summed E-state index contributed by atoms with van der Waals surface area (Å²) in [5.41, 5.74) is 2.98. The Balaban J connectivity index is 2.20. The lowest BCUT2D eigenvalue weighted by molar-refractivity contribution is 0.146. The summed E-state index contributed by atoms with van der Waals surface area (Å²) in [5, 5.41) is 3.38. The Morgan fingerprint density at radius 2 is 2.00 bits per heavy atom. The summed E-state index contributed by atoms with van der Waals surface area (Å²) in [6, 6.07) is 12.0. The van der Waals surface area contributed by atoms with E-state index < -0.39 is 0 Å². The maximum absolute atomic E-state index is 5.77. The van der Waals surface area contributed by atoms with Gasteiger partial charge in [-0.2, -0.15) is 0 Å². The van der Waals surface area contributed by atoms with Gasteiger partial charge in [-0.1, -0.05) is 19.1 Å². The van der Waals surface area contributed by atoms with Crippen LogP contribution in [0.3, 0.4) is 0 Å². The number of aromatic nitrogens is 1. The molecule has 0 unspecified atom stereocenters. The number of pyridine rings is 1. The fraction of sp³-hybridized carbons (Fsp3) is 0.353. The SMILES string of the molecule is CCCNc1ccnc(-c2ccccc2OCCOC)c1. The standard InChI is InChI=1S/C17H22N2O2/c1-3-9-18-14-8-10-19-16(13-14)15-6-4-5-7-17(15)21-12-11-20-2/h4-8,10,13H,3,9,11-12H2,1-2H3,(H,18,19). The van der Waals surface area contributed by atoms with Gasteiger partial charge in [0.2, 0.25) is 0 Å². The molecule has 112 valence electrons. The van der Waals surface area contributed by atoms with Crippen LogP contribution >= 0.6 is 0 Å². The van der Waals surface area contributed by atoms with Crippen molar-refractivity contribution in [1.29, 1.82) is 0 Å². The lowest BCUT2D eigenvalue weighted by Gasteiger charge is -2.12. The van der Waals surface area contributed by atoms with Gasteiger partial charge in [0.1, 0.15) is 12.4 Å². The van der Waals surface area contributed by atoms with Crippen molar-refractivity contribution in [2.24, 2.45) is 0 Å². The van der Waals surface area contributed by atoms with Crippen LogP contribution in [-0.2, 0) is 4.74 Å². The Kier molecular flexibility index (Phi) is 6.03. The van der Waals surface area contributed by atoms with Gasteiger partial charge in [-0.25, -0.2) is 0 Å². The monoisotopic (exact) mass is 286 g/mol. The fourth-order valence-corrected chi connectivity index (χ4v) is 2.00. The molecule has 0 spiro atoms. The second kappa shape index (κ2) is 8.27. The summed E-state index contributed by atoms with van der Waals surface area (Å²) in [5.74, 6) is 0.828. The van der Waals surface area contributed by atoms with E-state index in [9.17, 15) is 0 Å². The number of hydrogen-bond acceptors (Lipinski definition) is 4. The molecule has 1 N–H and O–H groups in total. The molecule has 2 rings (SSSR count). The number of benzene rings is 1. The molecule has 0 aliphatic heterocycles. The van der Waals surface area contributed by atoms with Crippen molar-refractivity contribution in [3.05, 3.63) is 42.6 Å². The van der Waals surface area contributed by atoms with Crippen molar-refractivity contribution in [2.75, 3.05) is 32.2 Å². The van der Waals surface area contributed by atoms with Crippen molar-refractivity contribution in [3.63, 3.8) is 0 Å². The molecular weight excluding hydrogens is 264 g/mol. The van der Waals surface area contributed by atoms with E-state index in [-0.39, 0.29) is 0 Å². The molecule has 1 aromatic heterocycles. The van der Waals surface area contributed by atoms with E-state index in [4.69, 9.17) is 9.47 Å². The third-order valence-corrected chi connectivity index (χ3v) is 3.05. The normalized spacial score (nSPS) is 10.4. The lowest BCUT2D eigenvalue weighted by atomic mass is 10.1. The number of anilines is 1. The average Bonchev–Trinajstić information content (AvgIpc) is 2.54. The minimum Gasteiger partial charge on any atom is -0.490 e. The highest BCUT2D eigenvalue weighted by atomic mass is 16.5. The number of hydrogen-bond donors (Lipinski definition) is 1. The van der Waals surface area contributed by atoms with Crippen molar-refractivity contribution in [1.82, 2.24) is 4.98 Å². The molecule has 0 aliphatic rings. The van der Waals surface area contributed by atoms with Crippen LogP contribution < -0.4 is 10.1 Å². The van der Waals surface area contributed by atoms with E-state index in [0.29, 0.717) is 13.2 Å². The Morgan fingerprint density at radius 3 is 2.81 bits per heavy atom. The fourth-order valence-electron chi connectivity index (χ4n) is 2.00. The first-order valence-electron chi connectivity index (χ1n) is 7.26. The zero-order valence-electron chi connectivity index (χ0n) is 12.6. The zero-order valence-corrected chi connectivity index (χ0v) is 12.6. The molecule has 1 aromatic carbocycles. The summed E-state index contributed by atoms with van der Waals surface area (Å²) >= 11 is 0. The minimum absolute atomic E-state index is 0.529. The Bertz CT molecular complexity index is 558. The first-order chi connectivity index (χ1) is 10.3. The maximum Gasteiger partial charge on any atom is 0.128 e. The Hall–Kier alpha value is -2.07. The van der Waals surface area contributed by atoms with Crippen molar-refractivity contribution in [2.45, 2.75) is 13.3 Å². The molecule has 21 heavy (non-hydrogen) atoms. The van der Waals surface area contributed by atoms with Crippen LogP contribution in [0.2, 0.25) is 0 Å². The van der Waals surface area contributed by atoms with Gasteiger partial charge >= 0.3 is 0 Å². The molecule has 0 bridgehead atoms. The molecular formula is C17H22N2O2. The van der Waals surface area contributed by atoms with Gasteiger partial charge in [-0.05, 0) is 30.7 Å². The second-order valence-electron chi connectivity index (χ2n) is 4.69. The van der Waals surface area contributed by atoms with Crippen LogP contribution in [0.4, 0.5) is 5.69 Å². The Labute approximate surface area is 126 Å². The molecule has 0 atom stereocenters. The van der Waals surface area contributed by atoms with E-state index in [1.54, 1.807) is 7.11 Å². The van der Waals surface area contributed by atoms with E-state index in [0.717, 1.165) is 35.7 Å². The van der Waals surface area contributed by atoms with Gasteiger partial charge in [0, 0.05) is 31.1 Å². The number of methoxy groups -OCH3 is 1. The summed E-state index contributed by atoms with van der Waals surface area (Å²) in [6.45, 7) is 4.20. The molecule has 4 heteroatoms. The number of ether oxygens (including phenoxy) is 2. The summed E-state index contributed by atoms with van der Waals surface area (Å²) in [4.78, 5) is 4.46. The van der Waals surface area contributed by atoms with Crippen LogP contribution in [0.25, 0.3) is 11.3 Å².